The van der Waals surface area contributed by atoms with Crippen molar-refractivity contribution in [3.63, 3.8) is 0 Å². The zero-order chi connectivity index (χ0) is 15.1. The van der Waals surface area contributed by atoms with Crippen molar-refractivity contribution in [1.29, 1.82) is 0 Å². The molecule has 0 saturated heterocycles. The Balaban J connectivity index is 2.68. The van der Waals surface area contributed by atoms with Crippen molar-refractivity contribution in [2.75, 3.05) is 19.0 Å². The van der Waals surface area contributed by atoms with Gasteiger partial charge >= 0.3 is 6.03 Å². The minimum absolute atomic E-state index is 0.0989. The highest BCUT2D eigenvalue weighted by atomic mass is 35.5. The molecule has 3 N–H and O–H groups in total. The highest BCUT2D eigenvalue weighted by molar-refractivity contribution is 6.31. The maximum atomic E-state index is 11.9. The van der Waals surface area contributed by atoms with E-state index in [9.17, 15) is 9.90 Å². The summed E-state index contributed by atoms with van der Waals surface area (Å²) in [6, 6.07) is 4.29. The van der Waals surface area contributed by atoms with Crippen LogP contribution in [0, 0.1) is 5.92 Å². The van der Waals surface area contributed by atoms with Crippen molar-refractivity contribution in [2.24, 2.45) is 5.92 Å². The molecule has 0 heterocycles. The van der Waals surface area contributed by atoms with E-state index < -0.39 is 6.03 Å². The van der Waals surface area contributed by atoms with Crippen LogP contribution in [0.25, 0.3) is 0 Å². The molecule has 0 fully saturated rings. The molecule has 0 radical (unpaired) electrons. The molecule has 5 nitrogen and oxygen atoms in total. The van der Waals surface area contributed by atoms with Crippen molar-refractivity contribution in [3.8, 4) is 5.75 Å². The number of halogens is 1. The molecule has 20 heavy (non-hydrogen) atoms. The van der Waals surface area contributed by atoms with E-state index >= 15 is 0 Å². The number of carbonyl (C=O) groups excluding carboxylic acids is 1. The number of anilines is 1. The minimum atomic E-state index is -0.398. The number of rotatable bonds is 6. The molecule has 2 amide bonds. The fourth-order valence-corrected chi connectivity index (χ4v) is 2.04. The SMILES string of the molecule is COc1ccc(Cl)cc1NC(=O)NC(CO)CC(C)C. The Morgan fingerprint density at radius 3 is 2.70 bits per heavy atom. The Morgan fingerprint density at radius 1 is 1.45 bits per heavy atom. The summed E-state index contributed by atoms with van der Waals surface area (Å²) in [7, 11) is 1.52. The molecule has 6 heteroatoms. The van der Waals surface area contributed by atoms with E-state index in [1.54, 1.807) is 18.2 Å². The lowest BCUT2D eigenvalue weighted by Crippen LogP contribution is -2.41. The Bertz CT molecular complexity index is 452. The first-order valence-electron chi connectivity index (χ1n) is 6.48. The number of hydrogen-bond acceptors (Lipinski definition) is 3. The molecule has 0 aliphatic carbocycles. The molecular formula is C14H21ClN2O3. The third-order valence-electron chi connectivity index (χ3n) is 2.72. The molecule has 1 aromatic carbocycles. The van der Waals surface area contributed by atoms with Gasteiger partial charge in [-0.15, -0.1) is 0 Å². The highest BCUT2D eigenvalue weighted by Gasteiger charge is 2.14. The van der Waals surface area contributed by atoms with Crippen LogP contribution in [0.2, 0.25) is 5.02 Å². The van der Waals surface area contributed by atoms with Gasteiger partial charge in [-0.3, -0.25) is 0 Å². The van der Waals surface area contributed by atoms with Crippen LogP contribution in [-0.2, 0) is 0 Å². The average molecular weight is 301 g/mol. The third kappa shape index (κ3) is 5.27. The molecule has 1 rings (SSSR count). The number of ether oxygens (including phenoxy) is 1. The van der Waals surface area contributed by atoms with Crippen LogP contribution in [0.15, 0.2) is 18.2 Å². The maximum Gasteiger partial charge on any atom is 0.319 e. The first-order valence-corrected chi connectivity index (χ1v) is 6.86. The molecule has 1 aromatic rings. The second-order valence-corrected chi connectivity index (χ2v) is 5.39. The van der Waals surface area contributed by atoms with Crippen LogP contribution >= 0.6 is 11.6 Å². The quantitative estimate of drug-likeness (QED) is 0.756. The van der Waals surface area contributed by atoms with Crippen LogP contribution in [0.5, 0.6) is 5.75 Å². The van der Waals surface area contributed by atoms with Crippen molar-refractivity contribution in [2.45, 2.75) is 26.3 Å². The largest absolute Gasteiger partial charge is 0.495 e. The molecule has 1 atom stereocenters. The molecule has 1 unspecified atom stereocenters. The average Bonchev–Trinajstić information content (AvgIpc) is 2.37. The second kappa shape index (κ2) is 7.97. The molecule has 0 saturated carbocycles. The standard InChI is InChI=1S/C14H21ClN2O3/c1-9(2)6-11(8-18)16-14(19)17-12-7-10(15)4-5-13(12)20-3/h4-5,7,9,11,18H,6,8H2,1-3H3,(H2,16,17,19). The van der Waals surface area contributed by atoms with Crippen molar-refractivity contribution >= 4 is 23.3 Å². The summed E-state index contributed by atoms with van der Waals surface area (Å²) in [5.41, 5.74) is 0.485. The van der Waals surface area contributed by atoms with Gasteiger partial charge in [0.2, 0.25) is 0 Å². The number of aliphatic hydroxyl groups excluding tert-OH is 1. The summed E-state index contributed by atoms with van der Waals surface area (Å²) in [6.07, 6.45) is 0.705. The lowest BCUT2D eigenvalue weighted by molar-refractivity contribution is 0.214. The number of nitrogens with one attached hydrogen (secondary N) is 2. The van der Waals surface area contributed by atoms with Gasteiger partial charge in [0.25, 0.3) is 0 Å². The molecule has 112 valence electrons. The van der Waals surface area contributed by atoms with Crippen LogP contribution in [0.1, 0.15) is 20.3 Å². The number of hydrogen-bond donors (Lipinski definition) is 3. The van der Waals surface area contributed by atoms with Gasteiger partial charge in [-0.25, -0.2) is 4.79 Å². The van der Waals surface area contributed by atoms with Gasteiger partial charge in [-0.1, -0.05) is 25.4 Å². The number of amides is 2. The lowest BCUT2D eigenvalue weighted by Gasteiger charge is -2.19. The van der Waals surface area contributed by atoms with Crippen LogP contribution in [0.4, 0.5) is 10.5 Å². The topological polar surface area (TPSA) is 70.6 Å². The summed E-state index contributed by atoms with van der Waals surface area (Å²) < 4.78 is 5.15. The molecule has 0 aliphatic heterocycles. The Hall–Kier alpha value is -1.46. The van der Waals surface area contributed by atoms with E-state index in [1.807, 2.05) is 13.8 Å². The van der Waals surface area contributed by atoms with Crippen molar-refractivity contribution < 1.29 is 14.6 Å². The van der Waals surface area contributed by atoms with Gasteiger partial charge in [-0.05, 0) is 30.5 Å². The van der Waals surface area contributed by atoms with E-state index in [0.29, 0.717) is 28.8 Å². The van der Waals surface area contributed by atoms with E-state index in [-0.39, 0.29) is 12.6 Å². The normalized spacial score (nSPS) is 12.1. The minimum Gasteiger partial charge on any atom is -0.495 e. The molecule has 0 aromatic heterocycles. The monoisotopic (exact) mass is 300 g/mol. The number of methoxy groups -OCH3 is 1. The number of urea groups is 1. The summed E-state index contributed by atoms with van der Waals surface area (Å²) in [6.45, 7) is 3.96. The summed E-state index contributed by atoms with van der Waals surface area (Å²) in [5.74, 6) is 0.905. The first-order chi connectivity index (χ1) is 9.46. The fraction of sp³-hybridized carbons (Fsp3) is 0.500. The van der Waals surface area contributed by atoms with Crippen molar-refractivity contribution in [1.82, 2.24) is 5.32 Å². The molecule has 0 spiro atoms. The lowest BCUT2D eigenvalue weighted by atomic mass is 10.0. The van der Waals surface area contributed by atoms with Gasteiger partial charge in [0.15, 0.2) is 0 Å². The van der Waals surface area contributed by atoms with E-state index in [2.05, 4.69) is 10.6 Å². The van der Waals surface area contributed by atoms with E-state index in [0.717, 1.165) is 0 Å². The van der Waals surface area contributed by atoms with E-state index in [4.69, 9.17) is 16.3 Å². The summed E-state index contributed by atoms with van der Waals surface area (Å²) in [5, 5.41) is 15.1. The Labute approximate surface area is 124 Å². The predicted molar refractivity (Wildman–Crippen MR) is 80.5 cm³/mol. The van der Waals surface area contributed by atoms with Gasteiger partial charge < -0.3 is 20.5 Å². The molecular weight excluding hydrogens is 280 g/mol. The number of carbonyl (C=O) groups is 1. The Morgan fingerprint density at radius 2 is 2.15 bits per heavy atom. The van der Waals surface area contributed by atoms with Crippen LogP contribution in [0.3, 0.4) is 0 Å². The highest BCUT2D eigenvalue weighted by Crippen LogP contribution is 2.27. The van der Waals surface area contributed by atoms with Gasteiger partial charge in [0.1, 0.15) is 5.75 Å². The third-order valence-corrected chi connectivity index (χ3v) is 2.96. The first kappa shape index (κ1) is 16.6. The predicted octanol–water partition coefficient (Wildman–Crippen LogP) is 2.88. The fourth-order valence-electron chi connectivity index (χ4n) is 1.87. The summed E-state index contributed by atoms with van der Waals surface area (Å²) in [4.78, 5) is 11.9. The zero-order valence-electron chi connectivity index (χ0n) is 11.9. The zero-order valence-corrected chi connectivity index (χ0v) is 12.7. The van der Waals surface area contributed by atoms with Gasteiger partial charge in [0.05, 0.1) is 25.4 Å². The van der Waals surface area contributed by atoms with Crippen LogP contribution < -0.4 is 15.4 Å². The number of aliphatic hydroxyl groups is 1. The molecule has 0 aliphatic rings. The number of benzene rings is 1. The maximum absolute atomic E-state index is 11.9. The smallest absolute Gasteiger partial charge is 0.319 e. The molecule has 0 bridgehead atoms. The second-order valence-electron chi connectivity index (χ2n) is 4.95. The van der Waals surface area contributed by atoms with Gasteiger partial charge in [-0.2, -0.15) is 0 Å². The van der Waals surface area contributed by atoms with E-state index in [1.165, 1.54) is 7.11 Å². The van der Waals surface area contributed by atoms with Crippen LogP contribution in [-0.4, -0.2) is 30.9 Å². The summed E-state index contributed by atoms with van der Waals surface area (Å²) >= 11 is 5.89. The van der Waals surface area contributed by atoms with Gasteiger partial charge in [0, 0.05) is 5.02 Å². The Kier molecular flexibility index (Phi) is 6.61. The van der Waals surface area contributed by atoms with Crippen molar-refractivity contribution in [3.05, 3.63) is 23.2 Å².